The lowest BCUT2D eigenvalue weighted by molar-refractivity contribution is 0.0947. The maximum absolute atomic E-state index is 12.9. The molecule has 2 aliphatic rings. The molecule has 0 atom stereocenters. The third kappa shape index (κ3) is 5.20. The predicted molar refractivity (Wildman–Crippen MR) is 150 cm³/mol. The molecule has 0 spiro atoms. The van der Waals surface area contributed by atoms with Crippen molar-refractivity contribution in [3.8, 4) is 0 Å². The SMILES string of the molecule is CCC1=Nc2cc(C(=O)NCCN3CCN(c4cccc(C)c4C)CC3)ccc2Sc2ccccc21. The highest BCUT2D eigenvalue weighted by atomic mass is 32.2. The van der Waals surface area contributed by atoms with Crippen LogP contribution in [0.2, 0.25) is 0 Å². The standard InChI is InChI=1S/C30H34N4OS/c1-4-25-24-9-5-6-11-28(24)36-29-13-12-23(20-26(29)32-25)30(35)31-14-15-33-16-18-34(19-17-33)27-10-7-8-21(2)22(27)3/h5-13,20H,4,14-19H2,1-3H3,(H,31,35). The predicted octanol–water partition coefficient (Wildman–Crippen LogP) is 5.85. The van der Waals surface area contributed by atoms with Gasteiger partial charge in [-0.25, -0.2) is 0 Å². The summed E-state index contributed by atoms with van der Waals surface area (Å²) in [4.78, 5) is 25.1. The average molecular weight is 499 g/mol. The first-order valence-corrected chi connectivity index (χ1v) is 13.7. The van der Waals surface area contributed by atoms with Crippen LogP contribution in [0.1, 0.15) is 40.4 Å². The lowest BCUT2D eigenvalue weighted by Crippen LogP contribution is -2.48. The molecule has 186 valence electrons. The summed E-state index contributed by atoms with van der Waals surface area (Å²) in [5.41, 5.74) is 7.86. The fourth-order valence-corrected chi connectivity index (χ4v) is 5.96. The van der Waals surface area contributed by atoms with E-state index in [0.29, 0.717) is 12.1 Å². The lowest BCUT2D eigenvalue weighted by atomic mass is 10.1. The van der Waals surface area contributed by atoms with Crippen molar-refractivity contribution in [3.05, 3.63) is 82.9 Å². The smallest absolute Gasteiger partial charge is 0.251 e. The number of aliphatic imine (C=N–C) groups is 1. The zero-order valence-corrected chi connectivity index (χ0v) is 22.2. The number of nitrogens with one attached hydrogen (secondary N) is 1. The van der Waals surface area contributed by atoms with E-state index in [1.54, 1.807) is 11.8 Å². The number of hydrogen-bond acceptors (Lipinski definition) is 5. The minimum Gasteiger partial charge on any atom is -0.369 e. The largest absolute Gasteiger partial charge is 0.369 e. The monoisotopic (exact) mass is 498 g/mol. The molecular formula is C30H34N4OS. The van der Waals surface area contributed by atoms with Gasteiger partial charge in [0.05, 0.1) is 5.69 Å². The molecule has 0 aromatic heterocycles. The van der Waals surface area contributed by atoms with E-state index in [1.807, 2.05) is 18.2 Å². The van der Waals surface area contributed by atoms with Crippen LogP contribution in [-0.4, -0.2) is 55.8 Å². The number of anilines is 1. The molecule has 3 aromatic carbocycles. The Kier molecular flexibility index (Phi) is 7.44. The van der Waals surface area contributed by atoms with Crippen molar-refractivity contribution in [2.45, 2.75) is 37.0 Å². The molecule has 0 aliphatic carbocycles. The normalized spacial score (nSPS) is 15.5. The maximum atomic E-state index is 12.9. The van der Waals surface area contributed by atoms with Gasteiger partial charge in [0.2, 0.25) is 0 Å². The number of piperazine rings is 1. The van der Waals surface area contributed by atoms with Crippen molar-refractivity contribution in [2.75, 3.05) is 44.2 Å². The van der Waals surface area contributed by atoms with Crippen molar-refractivity contribution in [3.63, 3.8) is 0 Å². The topological polar surface area (TPSA) is 47.9 Å². The third-order valence-corrected chi connectivity index (χ3v) is 8.37. The number of hydrogen-bond donors (Lipinski definition) is 1. The summed E-state index contributed by atoms with van der Waals surface area (Å²) in [5, 5.41) is 3.12. The van der Waals surface area contributed by atoms with Gasteiger partial charge in [0.1, 0.15) is 0 Å². The summed E-state index contributed by atoms with van der Waals surface area (Å²) in [6.45, 7) is 12.1. The molecule has 0 radical (unpaired) electrons. The van der Waals surface area contributed by atoms with E-state index in [2.05, 4.69) is 78.4 Å². The highest BCUT2D eigenvalue weighted by molar-refractivity contribution is 7.99. The summed E-state index contributed by atoms with van der Waals surface area (Å²) >= 11 is 1.72. The van der Waals surface area contributed by atoms with E-state index in [4.69, 9.17) is 4.99 Å². The van der Waals surface area contributed by atoms with E-state index in [9.17, 15) is 4.79 Å². The summed E-state index contributed by atoms with van der Waals surface area (Å²) < 4.78 is 0. The van der Waals surface area contributed by atoms with Crippen molar-refractivity contribution in [1.82, 2.24) is 10.2 Å². The fourth-order valence-electron chi connectivity index (χ4n) is 4.94. The van der Waals surface area contributed by atoms with Crippen LogP contribution < -0.4 is 10.2 Å². The van der Waals surface area contributed by atoms with Crippen molar-refractivity contribution in [1.29, 1.82) is 0 Å². The van der Waals surface area contributed by atoms with Gasteiger partial charge in [0.25, 0.3) is 5.91 Å². The second kappa shape index (κ2) is 10.9. The van der Waals surface area contributed by atoms with Crippen LogP contribution in [0.15, 0.2) is 75.4 Å². The zero-order chi connectivity index (χ0) is 25.1. The van der Waals surface area contributed by atoms with Crippen LogP contribution in [0.25, 0.3) is 0 Å². The molecule has 1 fully saturated rings. The molecular weight excluding hydrogens is 464 g/mol. The van der Waals surface area contributed by atoms with Crippen LogP contribution in [0.4, 0.5) is 11.4 Å². The molecule has 5 rings (SSSR count). The molecule has 6 heteroatoms. The van der Waals surface area contributed by atoms with Crippen LogP contribution in [0, 0.1) is 13.8 Å². The lowest BCUT2D eigenvalue weighted by Gasteiger charge is -2.37. The first kappa shape index (κ1) is 24.6. The molecule has 0 saturated carbocycles. The van der Waals surface area contributed by atoms with Gasteiger partial charge in [0, 0.05) is 71.6 Å². The number of carbonyl (C=O) groups excluding carboxylic acids is 1. The second-order valence-electron chi connectivity index (χ2n) is 9.50. The number of fused-ring (bicyclic) bond motifs is 2. The first-order chi connectivity index (χ1) is 17.5. The van der Waals surface area contributed by atoms with Gasteiger partial charge in [-0.05, 0) is 61.7 Å². The van der Waals surface area contributed by atoms with Crippen LogP contribution >= 0.6 is 11.8 Å². The first-order valence-electron chi connectivity index (χ1n) is 12.8. The fraction of sp³-hybridized carbons (Fsp3) is 0.333. The minimum atomic E-state index is -0.0353. The minimum absolute atomic E-state index is 0.0353. The average Bonchev–Trinajstić information content (AvgIpc) is 3.06. The number of aryl methyl sites for hydroxylation is 1. The van der Waals surface area contributed by atoms with E-state index < -0.39 is 0 Å². The highest BCUT2D eigenvalue weighted by Crippen LogP contribution is 2.41. The zero-order valence-electron chi connectivity index (χ0n) is 21.4. The summed E-state index contributed by atoms with van der Waals surface area (Å²) in [5.74, 6) is -0.0353. The number of amides is 1. The molecule has 5 nitrogen and oxygen atoms in total. The second-order valence-corrected chi connectivity index (χ2v) is 10.6. The molecule has 2 aliphatic heterocycles. The Morgan fingerprint density at radius 3 is 2.58 bits per heavy atom. The van der Waals surface area contributed by atoms with E-state index >= 15 is 0 Å². The molecule has 0 bridgehead atoms. The van der Waals surface area contributed by atoms with Gasteiger partial charge in [-0.15, -0.1) is 0 Å². The Labute approximate surface area is 218 Å². The number of benzene rings is 3. The van der Waals surface area contributed by atoms with Gasteiger partial charge in [-0.2, -0.15) is 0 Å². The molecule has 1 N–H and O–H groups in total. The van der Waals surface area contributed by atoms with Crippen LogP contribution in [0.3, 0.4) is 0 Å². The molecule has 36 heavy (non-hydrogen) atoms. The maximum Gasteiger partial charge on any atom is 0.251 e. The van der Waals surface area contributed by atoms with E-state index in [1.165, 1.54) is 27.3 Å². The van der Waals surface area contributed by atoms with E-state index in [-0.39, 0.29) is 5.91 Å². The Bertz CT molecular complexity index is 1290. The van der Waals surface area contributed by atoms with Crippen molar-refractivity contribution >= 4 is 34.8 Å². The number of carbonyl (C=O) groups is 1. The van der Waals surface area contributed by atoms with Gasteiger partial charge in [-0.3, -0.25) is 14.7 Å². The molecule has 1 amide bonds. The van der Waals surface area contributed by atoms with Crippen molar-refractivity contribution in [2.24, 2.45) is 4.99 Å². The van der Waals surface area contributed by atoms with Gasteiger partial charge in [-0.1, -0.05) is 49.0 Å². The Morgan fingerprint density at radius 1 is 0.972 bits per heavy atom. The quantitative estimate of drug-likeness (QED) is 0.463. The van der Waals surface area contributed by atoms with E-state index in [0.717, 1.165) is 55.4 Å². The Hall–Kier alpha value is -3.09. The third-order valence-electron chi connectivity index (χ3n) is 7.23. The Morgan fingerprint density at radius 2 is 1.78 bits per heavy atom. The number of rotatable bonds is 6. The Balaban J connectivity index is 1.17. The molecule has 3 aromatic rings. The van der Waals surface area contributed by atoms with Gasteiger partial charge >= 0.3 is 0 Å². The summed E-state index contributed by atoms with van der Waals surface area (Å²) in [7, 11) is 0. The van der Waals surface area contributed by atoms with Gasteiger partial charge in [0.15, 0.2) is 0 Å². The molecule has 2 heterocycles. The molecule has 0 unspecified atom stereocenters. The van der Waals surface area contributed by atoms with Crippen LogP contribution in [0.5, 0.6) is 0 Å². The summed E-state index contributed by atoms with van der Waals surface area (Å²) in [6, 6.07) is 20.8. The highest BCUT2D eigenvalue weighted by Gasteiger charge is 2.20. The number of nitrogens with zero attached hydrogens (tertiary/aromatic N) is 3. The van der Waals surface area contributed by atoms with Crippen molar-refractivity contribution < 1.29 is 4.79 Å². The summed E-state index contributed by atoms with van der Waals surface area (Å²) in [6.07, 6.45) is 0.851. The van der Waals surface area contributed by atoms with Gasteiger partial charge < -0.3 is 10.2 Å². The molecule has 1 saturated heterocycles. The van der Waals surface area contributed by atoms with Crippen LogP contribution in [-0.2, 0) is 0 Å².